The van der Waals surface area contributed by atoms with Gasteiger partial charge in [0.2, 0.25) is 5.91 Å². The van der Waals surface area contributed by atoms with Crippen LogP contribution in [0.2, 0.25) is 0 Å². The number of nitrogens with zero attached hydrogens (tertiary/aromatic N) is 3. The standard InChI is InChI=1S/C28H37N5O2/c1-3-22(34)10-5-4-6-12-25(32-28(35)21-15-17-33(2)18-16-21)27-29-19-26(31-27)24-14-13-20-9-7-8-11-23(20)30-24/h7-9,11,13-14,19,21,25H,3-6,10,12,15-18H2,1-2H3,(H,29,31)(H,32,35)/t25-/m0/s1. The van der Waals surface area contributed by atoms with E-state index >= 15 is 0 Å². The molecule has 0 bridgehead atoms. The fourth-order valence-electron chi connectivity index (χ4n) is 4.72. The van der Waals surface area contributed by atoms with Crippen LogP contribution < -0.4 is 5.32 Å². The Morgan fingerprint density at radius 1 is 1.11 bits per heavy atom. The Balaban J connectivity index is 1.45. The minimum Gasteiger partial charge on any atom is -0.346 e. The molecule has 1 aromatic carbocycles. The van der Waals surface area contributed by atoms with Gasteiger partial charge in [-0.25, -0.2) is 9.97 Å². The quantitative estimate of drug-likeness (QED) is 0.379. The van der Waals surface area contributed by atoms with E-state index in [2.05, 4.69) is 33.3 Å². The van der Waals surface area contributed by atoms with Crippen LogP contribution in [0.15, 0.2) is 42.6 Å². The van der Waals surface area contributed by atoms with Gasteiger partial charge in [0, 0.05) is 24.1 Å². The third kappa shape index (κ3) is 6.75. The van der Waals surface area contributed by atoms with Gasteiger partial charge in [-0.05, 0) is 58.0 Å². The molecule has 0 spiro atoms. The van der Waals surface area contributed by atoms with Crippen LogP contribution in [0.25, 0.3) is 22.3 Å². The van der Waals surface area contributed by atoms with E-state index in [1.54, 1.807) is 6.20 Å². The average Bonchev–Trinajstić information content (AvgIpc) is 3.38. The van der Waals surface area contributed by atoms with Crippen molar-refractivity contribution in [2.24, 2.45) is 5.92 Å². The van der Waals surface area contributed by atoms with Crippen LogP contribution in [0.3, 0.4) is 0 Å². The number of fused-ring (bicyclic) bond motifs is 1. The Morgan fingerprint density at radius 2 is 1.91 bits per heavy atom. The number of hydrogen-bond acceptors (Lipinski definition) is 5. The molecule has 2 N–H and O–H groups in total. The summed E-state index contributed by atoms with van der Waals surface area (Å²) >= 11 is 0. The molecule has 186 valence electrons. The Kier molecular flexibility index (Phi) is 8.64. The summed E-state index contributed by atoms with van der Waals surface area (Å²) in [6, 6.07) is 11.9. The van der Waals surface area contributed by atoms with Crippen molar-refractivity contribution in [1.29, 1.82) is 0 Å². The zero-order valence-electron chi connectivity index (χ0n) is 20.9. The second kappa shape index (κ2) is 12.1. The number of likely N-dealkylation sites (tertiary alicyclic amines) is 1. The first-order valence-electron chi connectivity index (χ1n) is 12.9. The lowest BCUT2D eigenvalue weighted by molar-refractivity contribution is -0.127. The zero-order valence-corrected chi connectivity index (χ0v) is 20.9. The summed E-state index contributed by atoms with van der Waals surface area (Å²) in [7, 11) is 2.10. The van der Waals surface area contributed by atoms with Crippen molar-refractivity contribution in [2.75, 3.05) is 20.1 Å². The summed E-state index contributed by atoms with van der Waals surface area (Å²) in [4.78, 5) is 39.8. The van der Waals surface area contributed by atoms with E-state index in [-0.39, 0.29) is 17.9 Å². The number of rotatable bonds is 11. The van der Waals surface area contributed by atoms with Crippen molar-refractivity contribution in [3.8, 4) is 11.4 Å². The van der Waals surface area contributed by atoms with E-state index in [9.17, 15) is 9.59 Å². The normalized spacial score (nSPS) is 15.8. The molecule has 1 aliphatic rings. The van der Waals surface area contributed by atoms with Crippen LogP contribution in [-0.2, 0) is 9.59 Å². The van der Waals surface area contributed by atoms with E-state index in [1.165, 1.54) is 0 Å². The molecule has 0 aliphatic carbocycles. The van der Waals surface area contributed by atoms with Gasteiger partial charge in [-0.15, -0.1) is 0 Å². The Bertz CT molecular complexity index is 1130. The van der Waals surface area contributed by atoms with Crippen molar-refractivity contribution in [2.45, 2.75) is 64.3 Å². The number of imidazole rings is 1. The topological polar surface area (TPSA) is 91.0 Å². The molecule has 3 aromatic rings. The highest BCUT2D eigenvalue weighted by Gasteiger charge is 2.26. The molecule has 35 heavy (non-hydrogen) atoms. The molecule has 7 heteroatoms. The molecule has 1 fully saturated rings. The summed E-state index contributed by atoms with van der Waals surface area (Å²) in [5.74, 6) is 1.25. The molecule has 0 unspecified atom stereocenters. The molecule has 1 aliphatic heterocycles. The molecule has 2 aromatic heterocycles. The third-order valence-electron chi connectivity index (χ3n) is 7.05. The molecule has 1 saturated heterocycles. The molecule has 7 nitrogen and oxygen atoms in total. The number of para-hydroxylation sites is 1. The lowest BCUT2D eigenvalue weighted by Gasteiger charge is -2.29. The highest BCUT2D eigenvalue weighted by atomic mass is 16.2. The van der Waals surface area contributed by atoms with Gasteiger partial charge >= 0.3 is 0 Å². The third-order valence-corrected chi connectivity index (χ3v) is 7.05. The number of carbonyl (C=O) groups is 2. The Morgan fingerprint density at radius 3 is 2.71 bits per heavy atom. The maximum atomic E-state index is 13.1. The van der Waals surface area contributed by atoms with Crippen molar-refractivity contribution >= 4 is 22.6 Å². The molecule has 4 rings (SSSR count). The number of hydrogen-bond donors (Lipinski definition) is 2. The number of piperidine rings is 1. The van der Waals surface area contributed by atoms with E-state index in [0.29, 0.717) is 18.6 Å². The number of nitrogens with one attached hydrogen (secondary N) is 2. The van der Waals surface area contributed by atoms with Gasteiger partial charge < -0.3 is 15.2 Å². The highest BCUT2D eigenvalue weighted by Crippen LogP contribution is 2.25. The summed E-state index contributed by atoms with van der Waals surface area (Å²) < 4.78 is 0. The number of unbranched alkanes of at least 4 members (excludes halogenated alkanes) is 2. The number of Topliss-reactive ketones (excluding diaryl/α,β-unsaturated/α-hetero) is 1. The molecule has 0 saturated carbocycles. The van der Waals surface area contributed by atoms with Crippen LogP contribution in [0.4, 0.5) is 0 Å². The number of aromatic nitrogens is 3. The number of carbonyl (C=O) groups excluding carboxylic acids is 2. The van der Waals surface area contributed by atoms with Crippen LogP contribution in [-0.4, -0.2) is 51.7 Å². The van der Waals surface area contributed by atoms with Gasteiger partial charge in [-0.3, -0.25) is 9.59 Å². The maximum Gasteiger partial charge on any atom is 0.223 e. The van der Waals surface area contributed by atoms with Crippen LogP contribution in [0.1, 0.15) is 70.2 Å². The Hall–Kier alpha value is -3.06. The summed E-state index contributed by atoms with van der Waals surface area (Å²) in [5, 5.41) is 4.38. The van der Waals surface area contributed by atoms with E-state index in [1.807, 2.05) is 37.3 Å². The lowest BCUT2D eigenvalue weighted by Crippen LogP contribution is -2.40. The van der Waals surface area contributed by atoms with Gasteiger partial charge in [0.25, 0.3) is 0 Å². The molecule has 1 amide bonds. The second-order valence-corrected chi connectivity index (χ2v) is 9.70. The predicted molar refractivity (Wildman–Crippen MR) is 139 cm³/mol. The Labute approximate surface area is 207 Å². The maximum absolute atomic E-state index is 13.1. The molecular formula is C28H37N5O2. The fourth-order valence-corrected chi connectivity index (χ4v) is 4.72. The number of ketones is 1. The lowest BCUT2D eigenvalue weighted by atomic mass is 9.95. The van der Waals surface area contributed by atoms with Crippen LogP contribution >= 0.6 is 0 Å². The van der Waals surface area contributed by atoms with Crippen LogP contribution in [0, 0.1) is 5.92 Å². The molecule has 1 atom stereocenters. The van der Waals surface area contributed by atoms with Gasteiger partial charge in [0.1, 0.15) is 11.6 Å². The summed E-state index contributed by atoms with van der Waals surface area (Å²) in [6.07, 6.45) is 8.41. The number of aromatic amines is 1. The van der Waals surface area contributed by atoms with E-state index in [4.69, 9.17) is 4.98 Å². The van der Waals surface area contributed by atoms with E-state index in [0.717, 1.165) is 79.7 Å². The van der Waals surface area contributed by atoms with Crippen LogP contribution in [0.5, 0.6) is 0 Å². The van der Waals surface area contributed by atoms with Gasteiger partial charge in [-0.1, -0.05) is 44.0 Å². The van der Waals surface area contributed by atoms with Crippen molar-refractivity contribution < 1.29 is 9.59 Å². The second-order valence-electron chi connectivity index (χ2n) is 9.70. The summed E-state index contributed by atoms with van der Waals surface area (Å²) in [6.45, 7) is 3.81. The van der Waals surface area contributed by atoms with Gasteiger partial charge in [0.05, 0.1) is 29.1 Å². The smallest absolute Gasteiger partial charge is 0.223 e. The van der Waals surface area contributed by atoms with Crippen molar-refractivity contribution in [3.63, 3.8) is 0 Å². The molecule has 3 heterocycles. The number of pyridine rings is 1. The van der Waals surface area contributed by atoms with Crippen molar-refractivity contribution in [3.05, 3.63) is 48.4 Å². The van der Waals surface area contributed by atoms with Crippen molar-refractivity contribution in [1.82, 2.24) is 25.2 Å². The largest absolute Gasteiger partial charge is 0.346 e. The van der Waals surface area contributed by atoms with E-state index < -0.39 is 0 Å². The highest BCUT2D eigenvalue weighted by molar-refractivity contribution is 5.81. The first kappa shape index (κ1) is 25.0. The number of benzene rings is 1. The first-order chi connectivity index (χ1) is 17.0. The summed E-state index contributed by atoms with van der Waals surface area (Å²) in [5.41, 5.74) is 2.62. The SMILES string of the molecule is CCC(=O)CCCCC[C@H](NC(=O)C1CCN(C)CC1)c1ncc(-c2ccc3ccccc3n2)[nH]1. The minimum absolute atomic E-state index is 0.0486. The zero-order chi connectivity index (χ0) is 24.6. The predicted octanol–water partition coefficient (Wildman–Crippen LogP) is 5.05. The molecular weight excluding hydrogens is 438 g/mol. The number of amides is 1. The average molecular weight is 476 g/mol. The molecule has 0 radical (unpaired) electrons. The fraction of sp³-hybridized carbons (Fsp3) is 0.500. The van der Waals surface area contributed by atoms with Gasteiger partial charge in [-0.2, -0.15) is 0 Å². The monoisotopic (exact) mass is 475 g/mol. The minimum atomic E-state index is -0.182. The first-order valence-corrected chi connectivity index (χ1v) is 12.9. The number of H-pyrrole nitrogens is 1. The van der Waals surface area contributed by atoms with Gasteiger partial charge in [0.15, 0.2) is 0 Å².